The zero-order chi connectivity index (χ0) is 40.9. The lowest BCUT2D eigenvalue weighted by Crippen LogP contribution is -3.03. The Bertz CT molecular complexity index is 973. The number of hydrogen-bond acceptors (Lipinski definition) is 16. The van der Waals surface area contributed by atoms with E-state index in [4.69, 9.17) is 29.1 Å². The van der Waals surface area contributed by atoms with Gasteiger partial charge in [-0.3, -0.25) is 0 Å². The van der Waals surface area contributed by atoms with E-state index in [-0.39, 0.29) is 9.76 Å². The molecule has 0 aliphatic rings. The molecule has 33 heteroatoms. The molecule has 16 nitrogen and oxygen atoms in total. The molecule has 0 saturated heterocycles. The van der Waals surface area contributed by atoms with Gasteiger partial charge in [0.25, 0.3) is 33.8 Å². The van der Waals surface area contributed by atoms with E-state index >= 15 is 0 Å². The van der Waals surface area contributed by atoms with Crippen molar-refractivity contribution in [1.82, 2.24) is 0 Å². The number of allylic oxidation sites excluding steroid dienone is 1. The SMILES string of the molecule is C=CC.CC.CO[Si]([SiH3])([SiH2]O)[Si](O[SiH2]O)([Si](C)(C)O)[Si](O[Si](C)(C)O[Si](C)(C)C)(O[Si](O[SiH2]O)([SiH2]O)[Si](C)(C)O)[Si](O[Si](C)(C)O)([SiH2]O)[SiH2]O. The molecule has 0 spiro atoms. The minimum absolute atomic E-state index is 0.176. The average Bonchev–Trinajstić information content (AvgIpc) is 2.95. The van der Waals surface area contributed by atoms with Crippen LogP contribution in [-0.2, 0) is 29.1 Å². The van der Waals surface area contributed by atoms with Crippen molar-refractivity contribution in [2.45, 2.75) is 92.8 Å². The third kappa shape index (κ3) is 14.0. The minimum atomic E-state index is -4.92. The van der Waals surface area contributed by atoms with Crippen molar-refractivity contribution in [1.29, 1.82) is 0 Å². The lowest BCUT2D eigenvalue weighted by molar-refractivity contribution is 0.301. The molecule has 0 aliphatic heterocycles. The van der Waals surface area contributed by atoms with Crippen molar-refractivity contribution < 1.29 is 72.3 Å². The average molecular weight is 1010 g/mol. The van der Waals surface area contributed by atoms with Crippen LogP contribution in [0.4, 0.5) is 0 Å². The van der Waals surface area contributed by atoms with Gasteiger partial charge in [-0.2, -0.15) is 0 Å². The van der Waals surface area contributed by atoms with Crippen LogP contribution in [0.3, 0.4) is 0 Å². The topological polar surface area (TPSA) is 247 Å². The van der Waals surface area contributed by atoms with Crippen molar-refractivity contribution in [3.63, 3.8) is 0 Å². The van der Waals surface area contributed by atoms with Crippen LogP contribution in [-0.4, -0.2) is 194 Å². The predicted molar refractivity (Wildman–Crippen MR) is 244 cm³/mol. The van der Waals surface area contributed by atoms with Crippen molar-refractivity contribution >= 4 is 144 Å². The molecule has 0 rings (SSSR count). The van der Waals surface area contributed by atoms with Crippen molar-refractivity contribution in [3.05, 3.63) is 12.7 Å². The molecule has 4 atom stereocenters. The highest BCUT2D eigenvalue weighted by Crippen LogP contribution is 2.45. The predicted octanol–water partition coefficient (Wildman–Crippen LogP) is -7.18. The molecule has 0 amide bonds. The van der Waals surface area contributed by atoms with Gasteiger partial charge in [0.1, 0.15) is 0 Å². The summed E-state index contributed by atoms with van der Waals surface area (Å²) in [5.74, 6) is 0. The number of rotatable bonds is 22. The summed E-state index contributed by atoms with van der Waals surface area (Å²) in [6.45, 7) is 15.4. The van der Waals surface area contributed by atoms with E-state index < -0.39 is 134 Å². The Morgan fingerprint density at radius 1 is 0.620 bits per heavy atom. The zero-order valence-electron chi connectivity index (χ0n) is 33.4. The first kappa shape index (κ1) is 57.1. The molecule has 0 aromatic carbocycles. The maximum absolute atomic E-state index is 12.6. The van der Waals surface area contributed by atoms with E-state index in [0.29, 0.717) is 0 Å². The van der Waals surface area contributed by atoms with E-state index in [0.717, 1.165) is 0 Å². The largest absolute Gasteiger partial charge is 0.439 e. The highest BCUT2D eigenvalue weighted by Gasteiger charge is 2.88. The normalized spacial score (nSPS) is 20.7. The molecular formula is C17H72O16Si17. The third-order valence-electron chi connectivity index (χ3n) is 7.35. The molecule has 0 saturated carbocycles. The maximum Gasteiger partial charge on any atom is 0.338 e. The second-order valence-corrected chi connectivity index (χ2v) is 120. The van der Waals surface area contributed by atoms with Gasteiger partial charge in [-0.15, -0.1) is 6.58 Å². The molecule has 0 aliphatic carbocycles. The van der Waals surface area contributed by atoms with Crippen LogP contribution >= 0.6 is 0 Å². The summed E-state index contributed by atoms with van der Waals surface area (Å²) in [5.41, 5.74) is 0. The molecular weight excluding hydrogens is 938 g/mol. The maximum atomic E-state index is 12.6. The molecule has 304 valence electrons. The summed E-state index contributed by atoms with van der Waals surface area (Å²) >= 11 is 0. The lowest BCUT2D eigenvalue weighted by atomic mass is 10.8. The van der Waals surface area contributed by atoms with Gasteiger partial charge in [-0.05, 0) is 78.9 Å². The summed E-state index contributed by atoms with van der Waals surface area (Å²) < 4.78 is 47.0. The molecule has 0 radical (unpaired) electrons. The Morgan fingerprint density at radius 3 is 1.28 bits per heavy atom. The van der Waals surface area contributed by atoms with Crippen LogP contribution in [0.2, 0.25) is 72.0 Å². The Morgan fingerprint density at radius 2 is 1.04 bits per heavy atom. The Balaban J connectivity index is -0.00000417. The number of hydrogen-bond donors (Lipinski definition) is 9. The zero-order valence-corrected chi connectivity index (χ0v) is 53.9. The fourth-order valence-electron chi connectivity index (χ4n) is 5.82. The summed E-state index contributed by atoms with van der Waals surface area (Å²) in [4.78, 5) is 103. The highest BCUT2D eigenvalue weighted by molar-refractivity contribution is 8.08. The van der Waals surface area contributed by atoms with Gasteiger partial charge in [0.2, 0.25) is 31.8 Å². The quantitative estimate of drug-likeness (QED) is 0.0362. The Labute approximate surface area is 326 Å². The summed E-state index contributed by atoms with van der Waals surface area (Å²) in [7, 11) is -39.3. The van der Waals surface area contributed by atoms with Crippen molar-refractivity contribution in [2.24, 2.45) is 0 Å². The van der Waals surface area contributed by atoms with Crippen molar-refractivity contribution in [3.8, 4) is 0 Å². The minimum Gasteiger partial charge on any atom is -0.439 e. The van der Waals surface area contributed by atoms with Crippen LogP contribution in [0.15, 0.2) is 12.7 Å². The second-order valence-electron chi connectivity index (χ2n) is 14.6. The molecule has 9 N–H and O–H groups in total. The molecule has 4 unspecified atom stereocenters. The first-order valence-corrected chi connectivity index (χ1v) is 63.5. The molecule has 0 bridgehead atoms. The molecule has 0 heterocycles. The molecule has 0 aromatic rings. The van der Waals surface area contributed by atoms with E-state index in [2.05, 4.69) is 6.58 Å². The van der Waals surface area contributed by atoms with Crippen LogP contribution in [0.1, 0.15) is 20.8 Å². The van der Waals surface area contributed by atoms with Crippen LogP contribution in [0.25, 0.3) is 0 Å². The second kappa shape index (κ2) is 22.7. The summed E-state index contributed by atoms with van der Waals surface area (Å²) in [5, 5.41) is 0. The first-order valence-electron chi connectivity index (χ1n) is 16.4. The fraction of sp³-hybridized carbons (Fsp3) is 0.882. The molecule has 0 fully saturated rings. The van der Waals surface area contributed by atoms with E-state index in [9.17, 15) is 43.2 Å². The van der Waals surface area contributed by atoms with E-state index in [1.807, 2.05) is 40.4 Å². The van der Waals surface area contributed by atoms with E-state index in [1.54, 1.807) is 32.3 Å². The van der Waals surface area contributed by atoms with Gasteiger partial charge in [0.15, 0.2) is 36.2 Å². The standard InChI is InChI=1S/C12H60O16Si17.C3H6.C2H6/c1-22-43(29,33-16)45(24-31-14,39(9,10)21)42(27-40(11,12)25-36(2,3)4,44(34-17,35-18)26-37(5,6)19)28-41(32-15,23-30-13)38(7,8)20;1-3-2;1-2/h13-21H,30-35H2,1-12,29H3;3H,1H2,2H3;1-2H3. The van der Waals surface area contributed by atoms with Gasteiger partial charge in [-0.1, -0.05) is 19.9 Å². The fourth-order valence-corrected chi connectivity index (χ4v) is 293. The Hall–Kier alpha value is 2.79. The highest BCUT2D eigenvalue weighted by atomic mass is 30.3. The van der Waals surface area contributed by atoms with Gasteiger partial charge in [0.05, 0.1) is 0 Å². The first-order chi connectivity index (χ1) is 22.4. The smallest absolute Gasteiger partial charge is 0.338 e. The van der Waals surface area contributed by atoms with Gasteiger partial charge < -0.3 is 72.3 Å². The third-order valence-corrected chi connectivity index (χ3v) is 182. The van der Waals surface area contributed by atoms with Gasteiger partial charge >= 0.3 is 32.3 Å². The van der Waals surface area contributed by atoms with E-state index in [1.165, 1.54) is 33.3 Å². The van der Waals surface area contributed by atoms with Gasteiger partial charge in [-0.25, -0.2) is 0 Å². The lowest BCUT2D eigenvalue weighted by Gasteiger charge is -2.63. The molecule has 0 aromatic heterocycles. The summed E-state index contributed by atoms with van der Waals surface area (Å²) in [6.07, 6.45) is 1.75. The summed E-state index contributed by atoms with van der Waals surface area (Å²) in [6, 6.07) is 0. The van der Waals surface area contributed by atoms with Gasteiger partial charge in [0, 0.05) is 16.9 Å². The van der Waals surface area contributed by atoms with Crippen LogP contribution in [0.5, 0.6) is 0 Å². The Kier molecular flexibility index (Phi) is 25.9. The molecule has 50 heavy (non-hydrogen) atoms. The van der Waals surface area contributed by atoms with Crippen LogP contribution < -0.4 is 0 Å². The monoisotopic (exact) mass is 1010 g/mol. The van der Waals surface area contributed by atoms with Crippen molar-refractivity contribution in [2.75, 3.05) is 7.11 Å². The van der Waals surface area contributed by atoms with Crippen LogP contribution in [0, 0.1) is 0 Å².